The van der Waals surface area contributed by atoms with Crippen molar-refractivity contribution in [1.82, 2.24) is 5.32 Å². The molecule has 1 N–H and O–H groups in total. The Kier molecular flexibility index (Phi) is 6.98. The van der Waals surface area contributed by atoms with Gasteiger partial charge in [0.05, 0.1) is 5.57 Å². The Hall–Kier alpha value is -4.45. The normalized spacial score (nSPS) is 11.3. The minimum Gasteiger partial charge on any atom is -0.423 e. The van der Waals surface area contributed by atoms with Crippen molar-refractivity contribution in [2.24, 2.45) is 0 Å². The molecule has 170 valence electrons. The summed E-state index contributed by atoms with van der Waals surface area (Å²) in [6.07, 6.45) is 2.52. The van der Waals surface area contributed by atoms with Crippen molar-refractivity contribution in [3.63, 3.8) is 0 Å². The van der Waals surface area contributed by atoms with E-state index in [9.17, 15) is 14.4 Å². The first-order valence-corrected chi connectivity index (χ1v) is 11.0. The lowest BCUT2D eigenvalue weighted by atomic mass is 10.0. The van der Waals surface area contributed by atoms with Gasteiger partial charge in [-0.05, 0) is 41.8 Å². The number of carbonyl (C=O) groups is 2. The Balaban J connectivity index is 1.63. The van der Waals surface area contributed by atoms with Crippen LogP contribution in [-0.4, -0.2) is 18.4 Å². The number of hydrogen-bond acceptors (Lipinski definition) is 5. The molecule has 4 rings (SSSR count). The van der Waals surface area contributed by atoms with Gasteiger partial charge < -0.3 is 14.5 Å². The average molecular weight is 453 g/mol. The number of ether oxygens (including phenoxy) is 1. The molecule has 0 aliphatic rings. The third kappa shape index (κ3) is 5.30. The summed E-state index contributed by atoms with van der Waals surface area (Å²) in [5, 5.41) is 3.21. The Morgan fingerprint density at radius 3 is 2.35 bits per heavy atom. The molecule has 0 saturated heterocycles. The largest absolute Gasteiger partial charge is 0.423 e. The highest BCUT2D eigenvalue weighted by molar-refractivity contribution is 6.22. The van der Waals surface area contributed by atoms with Crippen molar-refractivity contribution in [3.8, 4) is 5.75 Å². The maximum Gasteiger partial charge on any atom is 0.349 e. The molecular formula is C28H23NO5. The molecule has 0 atom stereocenters. The maximum atomic E-state index is 13.1. The lowest BCUT2D eigenvalue weighted by Gasteiger charge is -2.10. The molecule has 0 unspecified atom stereocenters. The zero-order chi connectivity index (χ0) is 23.9. The van der Waals surface area contributed by atoms with E-state index in [1.165, 1.54) is 12.1 Å². The molecule has 6 heteroatoms. The average Bonchev–Trinajstić information content (AvgIpc) is 2.86. The van der Waals surface area contributed by atoms with E-state index in [2.05, 4.69) is 5.32 Å². The molecule has 1 aromatic heterocycles. The third-order valence-electron chi connectivity index (χ3n) is 5.11. The summed E-state index contributed by atoms with van der Waals surface area (Å²) < 4.78 is 11.0. The first kappa shape index (κ1) is 22.7. The molecule has 0 spiro atoms. The smallest absolute Gasteiger partial charge is 0.349 e. The molecule has 0 aliphatic heterocycles. The third-order valence-corrected chi connectivity index (χ3v) is 5.11. The van der Waals surface area contributed by atoms with E-state index in [-0.39, 0.29) is 16.9 Å². The first-order valence-electron chi connectivity index (χ1n) is 11.0. The Labute approximate surface area is 196 Å². The van der Waals surface area contributed by atoms with E-state index in [0.29, 0.717) is 23.1 Å². The summed E-state index contributed by atoms with van der Waals surface area (Å²) in [4.78, 5) is 37.6. The minimum absolute atomic E-state index is 0.0668. The summed E-state index contributed by atoms with van der Waals surface area (Å²) in [7, 11) is 0. The second-order valence-electron chi connectivity index (χ2n) is 7.63. The summed E-state index contributed by atoms with van der Waals surface area (Å²) >= 11 is 0. The fraction of sp³-hybridized carbons (Fsp3) is 0.107. The van der Waals surface area contributed by atoms with Crippen molar-refractivity contribution < 1.29 is 18.7 Å². The number of esters is 1. The summed E-state index contributed by atoms with van der Waals surface area (Å²) in [6, 6.07) is 24.9. The SMILES string of the molecule is CCCNC(=O)c1cc2ccc(OC(=O)/C(=C/c3ccccc3)c3ccccc3)cc2oc1=O. The van der Waals surface area contributed by atoms with Crippen molar-refractivity contribution in [2.75, 3.05) is 6.54 Å². The maximum absolute atomic E-state index is 13.1. The van der Waals surface area contributed by atoms with E-state index in [0.717, 1.165) is 12.0 Å². The van der Waals surface area contributed by atoms with Crippen molar-refractivity contribution in [2.45, 2.75) is 13.3 Å². The minimum atomic E-state index is -0.751. The second-order valence-corrected chi connectivity index (χ2v) is 7.63. The van der Waals surface area contributed by atoms with Gasteiger partial charge in [0, 0.05) is 18.0 Å². The second kappa shape index (κ2) is 10.4. The van der Waals surface area contributed by atoms with Crippen LogP contribution >= 0.6 is 0 Å². The number of rotatable bonds is 7. The van der Waals surface area contributed by atoms with Crippen LogP contribution in [-0.2, 0) is 4.79 Å². The molecule has 0 saturated carbocycles. The molecule has 0 bridgehead atoms. The quantitative estimate of drug-likeness (QED) is 0.139. The van der Waals surface area contributed by atoms with Crippen LogP contribution in [0.1, 0.15) is 34.8 Å². The molecule has 0 aliphatic carbocycles. The van der Waals surface area contributed by atoms with E-state index in [1.807, 2.05) is 67.6 Å². The van der Waals surface area contributed by atoms with Gasteiger partial charge in [0.2, 0.25) is 0 Å². The van der Waals surface area contributed by atoms with Crippen molar-refractivity contribution >= 4 is 34.5 Å². The van der Waals surface area contributed by atoms with E-state index < -0.39 is 17.5 Å². The molecule has 6 nitrogen and oxygen atoms in total. The van der Waals surface area contributed by atoms with Gasteiger partial charge in [-0.2, -0.15) is 0 Å². The topological polar surface area (TPSA) is 85.6 Å². The molecule has 1 amide bonds. The van der Waals surface area contributed by atoms with Crippen LogP contribution in [0.2, 0.25) is 0 Å². The van der Waals surface area contributed by atoms with Crippen molar-refractivity contribution in [3.05, 3.63) is 112 Å². The van der Waals surface area contributed by atoms with Gasteiger partial charge >= 0.3 is 11.6 Å². The molecule has 0 fully saturated rings. The molecule has 3 aromatic carbocycles. The Morgan fingerprint density at radius 2 is 1.65 bits per heavy atom. The van der Waals surface area contributed by atoms with E-state index in [1.54, 1.807) is 18.2 Å². The fourth-order valence-corrected chi connectivity index (χ4v) is 3.40. The zero-order valence-electron chi connectivity index (χ0n) is 18.6. The van der Waals surface area contributed by atoms with Crippen LogP contribution in [0.5, 0.6) is 5.75 Å². The van der Waals surface area contributed by atoms with Crippen LogP contribution < -0.4 is 15.7 Å². The Morgan fingerprint density at radius 1 is 0.941 bits per heavy atom. The highest BCUT2D eigenvalue weighted by Gasteiger charge is 2.17. The zero-order valence-corrected chi connectivity index (χ0v) is 18.6. The summed E-state index contributed by atoms with van der Waals surface area (Å²) in [5.41, 5.74) is 1.36. The van der Waals surface area contributed by atoms with Gasteiger partial charge in [-0.15, -0.1) is 0 Å². The standard InChI is InChI=1S/C28H23NO5/c1-2-15-29-26(30)24-17-21-13-14-22(18-25(21)34-28(24)32)33-27(31)23(20-11-7-4-8-12-20)16-19-9-5-3-6-10-19/h3-14,16-18H,2,15H2,1H3,(H,29,30)/b23-16+. The van der Waals surface area contributed by atoms with Crippen LogP contribution in [0, 0.1) is 0 Å². The number of amides is 1. The lowest BCUT2D eigenvalue weighted by molar-refractivity contribution is -0.127. The highest BCUT2D eigenvalue weighted by Crippen LogP contribution is 2.25. The number of nitrogens with one attached hydrogen (secondary N) is 1. The van der Waals surface area contributed by atoms with Crippen LogP contribution in [0.25, 0.3) is 22.6 Å². The van der Waals surface area contributed by atoms with Crippen LogP contribution in [0.4, 0.5) is 0 Å². The van der Waals surface area contributed by atoms with Gasteiger partial charge in [0.25, 0.3) is 5.91 Å². The number of benzene rings is 3. The van der Waals surface area contributed by atoms with Gasteiger partial charge in [-0.3, -0.25) is 4.79 Å². The summed E-state index contributed by atoms with van der Waals surface area (Å²) in [5.74, 6) is -0.808. The van der Waals surface area contributed by atoms with E-state index >= 15 is 0 Å². The molecule has 1 heterocycles. The number of fused-ring (bicyclic) bond motifs is 1. The number of hydrogen-bond donors (Lipinski definition) is 1. The fourth-order valence-electron chi connectivity index (χ4n) is 3.40. The highest BCUT2D eigenvalue weighted by atomic mass is 16.5. The number of carbonyl (C=O) groups excluding carboxylic acids is 2. The predicted molar refractivity (Wildman–Crippen MR) is 131 cm³/mol. The predicted octanol–water partition coefficient (Wildman–Crippen LogP) is 5.08. The van der Waals surface area contributed by atoms with Crippen molar-refractivity contribution in [1.29, 1.82) is 0 Å². The first-order chi connectivity index (χ1) is 16.5. The van der Waals surface area contributed by atoms with Gasteiger partial charge in [0.15, 0.2) is 0 Å². The molecular weight excluding hydrogens is 430 g/mol. The molecule has 4 aromatic rings. The Bertz CT molecular complexity index is 1410. The van der Waals surface area contributed by atoms with Gasteiger partial charge in [-0.25, -0.2) is 9.59 Å². The summed E-state index contributed by atoms with van der Waals surface area (Å²) in [6.45, 7) is 2.38. The van der Waals surface area contributed by atoms with Gasteiger partial charge in [0.1, 0.15) is 16.9 Å². The van der Waals surface area contributed by atoms with Crippen LogP contribution in [0.3, 0.4) is 0 Å². The molecule has 0 radical (unpaired) electrons. The van der Waals surface area contributed by atoms with Gasteiger partial charge in [-0.1, -0.05) is 67.6 Å². The van der Waals surface area contributed by atoms with E-state index in [4.69, 9.17) is 9.15 Å². The molecule has 34 heavy (non-hydrogen) atoms. The monoisotopic (exact) mass is 453 g/mol. The van der Waals surface area contributed by atoms with Crippen LogP contribution in [0.15, 0.2) is 94.1 Å². The lowest BCUT2D eigenvalue weighted by Crippen LogP contribution is -2.28.